The highest BCUT2D eigenvalue weighted by Gasteiger charge is 2.05. The number of aryl methyl sites for hydroxylation is 2. The largest absolute Gasteiger partial charge is 0.310 e. The lowest BCUT2D eigenvalue weighted by Gasteiger charge is -2.14. The minimum atomic E-state index is -0.356. The second kappa shape index (κ2) is 7.58. The zero-order valence-corrected chi connectivity index (χ0v) is 13.3. The summed E-state index contributed by atoms with van der Waals surface area (Å²) in [5.41, 5.74) is 3.64. The first-order chi connectivity index (χ1) is 10.0. The molecule has 0 aliphatic carbocycles. The molecule has 0 amide bonds. The average molecular weight is 306 g/mol. The molecule has 0 aromatic heterocycles. The molecule has 0 saturated carbocycles. The predicted molar refractivity (Wildman–Crippen MR) is 87.2 cm³/mol. The maximum absolute atomic E-state index is 13.1. The van der Waals surface area contributed by atoms with Crippen LogP contribution in [0.5, 0.6) is 0 Å². The minimum Gasteiger partial charge on any atom is -0.310 e. The third kappa shape index (κ3) is 5.14. The highest BCUT2D eigenvalue weighted by molar-refractivity contribution is 6.30. The van der Waals surface area contributed by atoms with Crippen LogP contribution in [0.4, 0.5) is 4.39 Å². The summed E-state index contributed by atoms with van der Waals surface area (Å²) in [5, 5.41) is 3.71. The quantitative estimate of drug-likeness (QED) is 0.800. The lowest BCUT2D eigenvalue weighted by Crippen LogP contribution is -2.25. The van der Waals surface area contributed by atoms with Gasteiger partial charge in [-0.1, -0.05) is 47.5 Å². The molecule has 0 saturated heterocycles. The van der Waals surface area contributed by atoms with Crippen LogP contribution in [0.25, 0.3) is 0 Å². The Bertz CT molecular complexity index is 580. The topological polar surface area (TPSA) is 12.0 Å². The molecule has 0 aliphatic heterocycles. The molecule has 1 atom stereocenters. The normalized spacial score (nSPS) is 12.4. The summed E-state index contributed by atoms with van der Waals surface area (Å²) in [7, 11) is 0. The molecule has 2 aromatic carbocycles. The van der Waals surface area contributed by atoms with E-state index < -0.39 is 0 Å². The van der Waals surface area contributed by atoms with Crippen LogP contribution in [0, 0.1) is 12.7 Å². The predicted octanol–water partition coefficient (Wildman–Crippen LogP) is 4.90. The van der Waals surface area contributed by atoms with E-state index in [0.717, 1.165) is 24.9 Å². The summed E-state index contributed by atoms with van der Waals surface area (Å²) in [6, 6.07) is 13.9. The van der Waals surface area contributed by atoms with Gasteiger partial charge in [-0.15, -0.1) is 0 Å². The smallest absolute Gasteiger partial charge is 0.141 e. The van der Waals surface area contributed by atoms with Gasteiger partial charge >= 0.3 is 0 Å². The van der Waals surface area contributed by atoms with Crippen LogP contribution >= 0.6 is 11.6 Å². The third-order valence-corrected chi connectivity index (χ3v) is 3.91. The maximum Gasteiger partial charge on any atom is 0.141 e. The first-order valence-corrected chi connectivity index (χ1v) is 7.65. The van der Waals surface area contributed by atoms with Crippen LogP contribution in [-0.4, -0.2) is 6.04 Å². The van der Waals surface area contributed by atoms with Gasteiger partial charge in [-0.25, -0.2) is 4.39 Å². The number of rotatable bonds is 6. The van der Waals surface area contributed by atoms with Gasteiger partial charge in [-0.2, -0.15) is 0 Å². The Morgan fingerprint density at radius 1 is 1.10 bits per heavy atom. The van der Waals surface area contributed by atoms with Crippen LogP contribution in [0.3, 0.4) is 0 Å². The van der Waals surface area contributed by atoms with Crippen molar-refractivity contribution in [1.82, 2.24) is 5.32 Å². The molecule has 0 bridgehead atoms. The number of benzene rings is 2. The minimum absolute atomic E-state index is 0.202. The van der Waals surface area contributed by atoms with Gasteiger partial charge in [0.15, 0.2) is 0 Å². The molecule has 1 N–H and O–H groups in total. The molecule has 3 heteroatoms. The van der Waals surface area contributed by atoms with E-state index in [9.17, 15) is 4.39 Å². The van der Waals surface area contributed by atoms with Crippen LogP contribution in [0.2, 0.25) is 5.02 Å². The van der Waals surface area contributed by atoms with E-state index in [4.69, 9.17) is 11.6 Å². The molecule has 0 spiro atoms. The molecule has 0 fully saturated rings. The molecule has 0 unspecified atom stereocenters. The van der Waals surface area contributed by atoms with Crippen molar-refractivity contribution in [3.8, 4) is 0 Å². The zero-order valence-electron chi connectivity index (χ0n) is 12.5. The molecule has 112 valence electrons. The van der Waals surface area contributed by atoms with Gasteiger partial charge in [-0.05, 0) is 49.9 Å². The van der Waals surface area contributed by atoms with E-state index >= 15 is 0 Å². The van der Waals surface area contributed by atoms with Gasteiger partial charge in [0, 0.05) is 12.6 Å². The maximum atomic E-state index is 13.1. The van der Waals surface area contributed by atoms with Crippen molar-refractivity contribution in [1.29, 1.82) is 0 Å². The fourth-order valence-electron chi connectivity index (χ4n) is 2.18. The van der Waals surface area contributed by atoms with Crippen LogP contribution in [-0.2, 0) is 13.0 Å². The van der Waals surface area contributed by atoms with E-state index in [1.165, 1.54) is 17.2 Å². The van der Waals surface area contributed by atoms with Gasteiger partial charge in [0.05, 0.1) is 5.02 Å². The summed E-state index contributed by atoms with van der Waals surface area (Å²) in [5.74, 6) is -0.356. The van der Waals surface area contributed by atoms with Crippen molar-refractivity contribution in [2.45, 2.75) is 39.3 Å². The number of hydrogen-bond donors (Lipinski definition) is 1. The SMILES string of the molecule is Cc1ccc(CN[C@H](C)CCc2ccc(F)c(Cl)c2)cc1. The van der Waals surface area contributed by atoms with Crippen molar-refractivity contribution >= 4 is 11.6 Å². The summed E-state index contributed by atoms with van der Waals surface area (Å²) in [6.45, 7) is 5.12. The Balaban J connectivity index is 1.77. The Morgan fingerprint density at radius 3 is 2.43 bits per heavy atom. The van der Waals surface area contributed by atoms with E-state index in [1.54, 1.807) is 12.1 Å². The summed E-state index contributed by atoms with van der Waals surface area (Å²) >= 11 is 5.79. The molecule has 0 radical (unpaired) electrons. The second-order valence-corrected chi connectivity index (χ2v) is 5.96. The van der Waals surface area contributed by atoms with Crippen molar-refractivity contribution in [3.05, 3.63) is 70.0 Å². The van der Waals surface area contributed by atoms with Gasteiger partial charge in [-0.3, -0.25) is 0 Å². The Morgan fingerprint density at radius 2 is 1.76 bits per heavy atom. The van der Waals surface area contributed by atoms with Crippen molar-refractivity contribution in [2.24, 2.45) is 0 Å². The van der Waals surface area contributed by atoms with Crippen LogP contribution < -0.4 is 5.32 Å². The van der Waals surface area contributed by atoms with Crippen molar-refractivity contribution < 1.29 is 4.39 Å². The van der Waals surface area contributed by atoms with Gasteiger partial charge in [0.25, 0.3) is 0 Å². The molecule has 0 heterocycles. The number of halogens is 2. The Hall–Kier alpha value is -1.38. The van der Waals surface area contributed by atoms with Crippen LogP contribution in [0.1, 0.15) is 30.0 Å². The fraction of sp³-hybridized carbons (Fsp3) is 0.333. The Kier molecular flexibility index (Phi) is 5.77. The zero-order chi connectivity index (χ0) is 15.2. The molecule has 21 heavy (non-hydrogen) atoms. The molecular weight excluding hydrogens is 285 g/mol. The number of hydrogen-bond acceptors (Lipinski definition) is 1. The Labute approximate surface area is 131 Å². The van der Waals surface area contributed by atoms with E-state index in [1.807, 2.05) is 0 Å². The van der Waals surface area contributed by atoms with E-state index in [2.05, 4.69) is 43.4 Å². The van der Waals surface area contributed by atoms with Crippen molar-refractivity contribution in [3.63, 3.8) is 0 Å². The summed E-state index contributed by atoms with van der Waals surface area (Å²) < 4.78 is 13.1. The summed E-state index contributed by atoms with van der Waals surface area (Å²) in [4.78, 5) is 0. The first kappa shape index (κ1) is 16.0. The molecule has 0 aliphatic rings. The average Bonchev–Trinajstić information content (AvgIpc) is 2.48. The lowest BCUT2D eigenvalue weighted by atomic mass is 10.1. The van der Waals surface area contributed by atoms with Gasteiger partial charge < -0.3 is 5.32 Å². The van der Waals surface area contributed by atoms with Crippen molar-refractivity contribution in [2.75, 3.05) is 0 Å². The lowest BCUT2D eigenvalue weighted by molar-refractivity contribution is 0.514. The van der Waals surface area contributed by atoms with Gasteiger partial charge in [0.1, 0.15) is 5.82 Å². The van der Waals surface area contributed by atoms with E-state index in [0.29, 0.717) is 6.04 Å². The fourth-order valence-corrected chi connectivity index (χ4v) is 2.38. The summed E-state index contributed by atoms with van der Waals surface area (Å²) in [6.07, 6.45) is 1.88. The second-order valence-electron chi connectivity index (χ2n) is 5.55. The van der Waals surface area contributed by atoms with Crippen LogP contribution in [0.15, 0.2) is 42.5 Å². The van der Waals surface area contributed by atoms with Gasteiger partial charge in [0.2, 0.25) is 0 Å². The third-order valence-electron chi connectivity index (χ3n) is 3.63. The highest BCUT2D eigenvalue weighted by Crippen LogP contribution is 2.17. The molecular formula is C18H21ClFN. The monoisotopic (exact) mass is 305 g/mol. The standard InChI is InChI=1S/C18H21ClFN/c1-13-3-6-16(7-4-13)12-21-14(2)5-8-15-9-10-18(20)17(19)11-15/h3-4,6-7,9-11,14,21H,5,8,12H2,1-2H3/t14-/m1/s1. The molecule has 2 rings (SSSR count). The molecule has 2 aromatic rings. The highest BCUT2D eigenvalue weighted by atomic mass is 35.5. The molecule has 1 nitrogen and oxygen atoms in total. The number of nitrogens with one attached hydrogen (secondary N) is 1. The first-order valence-electron chi connectivity index (χ1n) is 7.27. The van der Waals surface area contributed by atoms with E-state index in [-0.39, 0.29) is 10.8 Å².